The lowest BCUT2D eigenvalue weighted by Crippen LogP contribution is -2.25. The number of nitrogens with one attached hydrogen (secondary N) is 1. The smallest absolute Gasteiger partial charge is 0.271 e. The molecule has 1 heterocycles. The summed E-state index contributed by atoms with van der Waals surface area (Å²) in [5.74, 6) is 0.244. The van der Waals surface area contributed by atoms with Crippen LogP contribution in [-0.2, 0) is 11.5 Å². The van der Waals surface area contributed by atoms with E-state index in [9.17, 15) is 9.59 Å². The molecule has 1 aromatic carbocycles. The Morgan fingerprint density at radius 2 is 2.12 bits per heavy atom. The van der Waals surface area contributed by atoms with Crippen molar-refractivity contribution in [1.82, 2.24) is 15.1 Å². The number of carbonyl (C=O) groups excluding carboxylic acids is 2. The molecule has 128 valence electrons. The Hall–Kier alpha value is -2.05. The van der Waals surface area contributed by atoms with Crippen LogP contribution in [0.25, 0.3) is 0 Å². The topological polar surface area (TPSA) is 73.2 Å². The van der Waals surface area contributed by atoms with Crippen LogP contribution in [0.4, 0.5) is 0 Å². The molecule has 0 atom stereocenters. The van der Waals surface area contributed by atoms with Gasteiger partial charge < -0.3 is 10.1 Å². The third kappa shape index (κ3) is 5.54. The molecule has 0 saturated heterocycles. The van der Waals surface area contributed by atoms with Gasteiger partial charge in [-0.2, -0.15) is 5.10 Å². The van der Waals surface area contributed by atoms with Crippen molar-refractivity contribution in [3.63, 3.8) is 0 Å². The van der Waals surface area contributed by atoms with Crippen LogP contribution in [0.15, 0.2) is 30.5 Å². The zero-order valence-electron chi connectivity index (χ0n) is 13.1. The van der Waals surface area contributed by atoms with Gasteiger partial charge in [0, 0.05) is 19.2 Å². The van der Waals surface area contributed by atoms with Crippen LogP contribution in [0.2, 0.25) is 5.02 Å². The lowest BCUT2D eigenvalue weighted by molar-refractivity contribution is -0.111. The first-order valence-electron chi connectivity index (χ1n) is 7.34. The number of hydrogen-bond acceptors (Lipinski definition) is 4. The summed E-state index contributed by atoms with van der Waals surface area (Å²) in [6, 6.07) is 7.07. The fourth-order valence-electron chi connectivity index (χ4n) is 1.93. The molecule has 0 aliphatic carbocycles. The molecule has 1 aromatic heterocycles. The van der Waals surface area contributed by atoms with Crippen LogP contribution in [0, 0.1) is 6.92 Å². The van der Waals surface area contributed by atoms with Crippen LogP contribution in [0.1, 0.15) is 28.9 Å². The van der Waals surface area contributed by atoms with Crippen molar-refractivity contribution in [3.05, 3.63) is 46.7 Å². The van der Waals surface area contributed by atoms with E-state index in [1.54, 1.807) is 18.3 Å². The molecule has 0 fully saturated rings. The number of benzene rings is 1. The molecule has 24 heavy (non-hydrogen) atoms. The summed E-state index contributed by atoms with van der Waals surface area (Å²) in [6.07, 6.45) is 2.35. The van der Waals surface area contributed by atoms with Crippen molar-refractivity contribution >= 4 is 34.4 Å². The minimum atomic E-state index is -0.416. The Morgan fingerprint density at radius 1 is 1.33 bits per heavy atom. The first-order valence-corrected chi connectivity index (χ1v) is 8.10. The van der Waals surface area contributed by atoms with Gasteiger partial charge >= 0.3 is 0 Å². The van der Waals surface area contributed by atoms with E-state index in [0.717, 1.165) is 5.56 Å². The molecule has 0 aliphatic heterocycles. The zero-order valence-corrected chi connectivity index (χ0v) is 14.6. The van der Waals surface area contributed by atoms with E-state index >= 15 is 0 Å². The van der Waals surface area contributed by atoms with Crippen molar-refractivity contribution < 1.29 is 14.3 Å². The summed E-state index contributed by atoms with van der Waals surface area (Å²) in [5.41, 5.74) is 1.30. The Kier molecular flexibility index (Phi) is 6.63. The summed E-state index contributed by atoms with van der Waals surface area (Å²) < 4.78 is 7.10. The normalized spacial score (nSPS) is 10.5. The van der Waals surface area contributed by atoms with Crippen LogP contribution in [0.5, 0.6) is 5.75 Å². The second-order valence-electron chi connectivity index (χ2n) is 5.16. The largest absolute Gasteiger partial charge is 0.470 e. The van der Waals surface area contributed by atoms with Gasteiger partial charge in [-0.1, -0.05) is 17.7 Å². The third-order valence-electron chi connectivity index (χ3n) is 3.15. The van der Waals surface area contributed by atoms with Crippen molar-refractivity contribution in [2.75, 3.05) is 6.54 Å². The predicted octanol–water partition coefficient (Wildman–Crippen LogP) is 3.16. The first kappa shape index (κ1) is 18.3. The van der Waals surface area contributed by atoms with Crippen LogP contribution >= 0.6 is 23.2 Å². The Labute approximate surface area is 149 Å². The molecule has 1 N–H and O–H groups in total. The summed E-state index contributed by atoms with van der Waals surface area (Å²) in [7, 11) is 0. The third-order valence-corrected chi connectivity index (χ3v) is 3.65. The minimum absolute atomic E-state index is 0.136. The van der Waals surface area contributed by atoms with Crippen LogP contribution in [0.3, 0.4) is 0 Å². The molecule has 0 aliphatic rings. The van der Waals surface area contributed by atoms with Crippen LogP contribution in [-0.4, -0.2) is 27.5 Å². The number of halogens is 2. The number of rotatable bonds is 8. The number of aryl methyl sites for hydroxylation is 1. The fourth-order valence-corrected chi connectivity index (χ4v) is 2.24. The maximum atomic E-state index is 11.9. The van der Waals surface area contributed by atoms with Gasteiger partial charge in [0.15, 0.2) is 6.73 Å². The second kappa shape index (κ2) is 8.70. The van der Waals surface area contributed by atoms with Gasteiger partial charge in [0.25, 0.3) is 5.91 Å². The van der Waals surface area contributed by atoms with E-state index < -0.39 is 5.24 Å². The minimum Gasteiger partial charge on any atom is -0.470 e. The number of hydrogen-bond donors (Lipinski definition) is 1. The SMILES string of the molecule is Cc1ccc(Cl)c(OCn2ccc(C(=O)NCCCC(=O)Cl)n2)c1. The van der Waals surface area contributed by atoms with E-state index in [4.69, 9.17) is 27.9 Å². The van der Waals surface area contributed by atoms with Crippen molar-refractivity contribution in [2.24, 2.45) is 0 Å². The average Bonchev–Trinajstić information content (AvgIpc) is 3.01. The van der Waals surface area contributed by atoms with E-state index in [1.807, 2.05) is 19.1 Å². The van der Waals surface area contributed by atoms with Crippen LogP contribution < -0.4 is 10.1 Å². The maximum absolute atomic E-state index is 11.9. The number of nitrogens with zero attached hydrogens (tertiary/aromatic N) is 2. The van der Waals surface area contributed by atoms with Gasteiger partial charge in [-0.05, 0) is 48.7 Å². The van der Waals surface area contributed by atoms with E-state index in [-0.39, 0.29) is 24.8 Å². The highest BCUT2D eigenvalue weighted by Gasteiger charge is 2.10. The van der Waals surface area contributed by atoms with Crippen molar-refractivity contribution in [3.8, 4) is 5.75 Å². The van der Waals surface area contributed by atoms with Crippen molar-refractivity contribution in [2.45, 2.75) is 26.5 Å². The first-order chi connectivity index (χ1) is 11.5. The summed E-state index contributed by atoms with van der Waals surface area (Å²) in [6.45, 7) is 2.44. The lowest BCUT2D eigenvalue weighted by atomic mass is 10.2. The van der Waals surface area contributed by atoms with Gasteiger partial charge in [-0.15, -0.1) is 0 Å². The average molecular weight is 370 g/mol. The summed E-state index contributed by atoms with van der Waals surface area (Å²) in [5, 5.41) is 6.90. The molecule has 0 saturated carbocycles. The van der Waals surface area contributed by atoms with Gasteiger partial charge in [-0.25, -0.2) is 4.68 Å². The number of carbonyl (C=O) groups is 2. The molecule has 8 heteroatoms. The monoisotopic (exact) mass is 369 g/mol. The number of ether oxygens (including phenoxy) is 1. The Morgan fingerprint density at radius 3 is 2.88 bits per heavy atom. The number of aromatic nitrogens is 2. The molecule has 1 amide bonds. The summed E-state index contributed by atoms with van der Waals surface area (Å²) >= 11 is 11.3. The zero-order chi connectivity index (χ0) is 17.5. The van der Waals surface area contributed by atoms with E-state index in [0.29, 0.717) is 23.7 Å². The predicted molar refractivity (Wildman–Crippen MR) is 91.5 cm³/mol. The molecule has 0 unspecified atom stereocenters. The molecule has 2 aromatic rings. The highest BCUT2D eigenvalue weighted by Crippen LogP contribution is 2.25. The van der Waals surface area contributed by atoms with E-state index in [2.05, 4.69) is 10.4 Å². The molecular formula is C16H17Cl2N3O3. The lowest BCUT2D eigenvalue weighted by Gasteiger charge is -2.08. The number of amides is 1. The maximum Gasteiger partial charge on any atom is 0.271 e. The molecule has 0 spiro atoms. The van der Waals surface area contributed by atoms with Gasteiger partial charge in [-0.3, -0.25) is 9.59 Å². The van der Waals surface area contributed by atoms with Gasteiger partial charge in [0.05, 0.1) is 5.02 Å². The van der Waals surface area contributed by atoms with Crippen molar-refractivity contribution in [1.29, 1.82) is 0 Å². The molecule has 2 rings (SSSR count). The summed E-state index contributed by atoms with van der Waals surface area (Å²) in [4.78, 5) is 22.5. The fraction of sp³-hybridized carbons (Fsp3) is 0.312. The molecule has 0 radical (unpaired) electrons. The standard InChI is InChI=1S/C16H17Cl2N3O3/c1-11-4-5-12(17)14(9-11)24-10-21-8-6-13(20-21)16(23)19-7-2-3-15(18)22/h4-6,8-9H,2-3,7,10H2,1H3,(H,19,23). The highest BCUT2D eigenvalue weighted by molar-refractivity contribution is 6.63. The highest BCUT2D eigenvalue weighted by atomic mass is 35.5. The Bertz CT molecular complexity index is 731. The van der Waals surface area contributed by atoms with E-state index in [1.165, 1.54) is 4.68 Å². The molecular weight excluding hydrogens is 353 g/mol. The quantitative estimate of drug-likeness (QED) is 0.572. The van der Waals surface area contributed by atoms with Gasteiger partial charge in [0.2, 0.25) is 5.24 Å². The molecule has 0 bridgehead atoms. The Balaban J connectivity index is 1.85. The second-order valence-corrected chi connectivity index (χ2v) is 5.99. The molecule has 6 nitrogen and oxygen atoms in total. The van der Waals surface area contributed by atoms with Gasteiger partial charge in [0.1, 0.15) is 11.4 Å².